The van der Waals surface area contributed by atoms with Gasteiger partial charge in [-0.3, -0.25) is 0 Å². The van der Waals surface area contributed by atoms with Crippen molar-refractivity contribution in [3.05, 3.63) is 12.0 Å². The molecule has 0 aliphatic carbocycles. The van der Waals surface area contributed by atoms with Gasteiger partial charge in [-0.2, -0.15) is 4.98 Å². The minimum Gasteiger partial charge on any atom is -0.450 e. The zero-order valence-corrected chi connectivity index (χ0v) is 9.04. The summed E-state index contributed by atoms with van der Waals surface area (Å²) < 4.78 is 10.5. The van der Waals surface area contributed by atoms with Crippen LogP contribution in [0.5, 0.6) is 6.08 Å². The van der Waals surface area contributed by atoms with E-state index in [-0.39, 0.29) is 0 Å². The molecule has 0 aliphatic heterocycles. The number of hydrogen-bond donors (Lipinski definition) is 1. The van der Waals surface area contributed by atoms with E-state index in [0.717, 1.165) is 18.8 Å². The van der Waals surface area contributed by atoms with Gasteiger partial charge >= 0.3 is 6.08 Å². The zero-order chi connectivity index (χ0) is 10.4. The number of aromatic nitrogens is 1. The highest BCUT2D eigenvalue weighted by Gasteiger charge is 2.04. The summed E-state index contributed by atoms with van der Waals surface area (Å²) in [6.07, 6.45) is 1.99. The third kappa shape index (κ3) is 3.79. The van der Waals surface area contributed by atoms with Crippen LogP contribution in [0.3, 0.4) is 0 Å². The summed E-state index contributed by atoms with van der Waals surface area (Å²) in [7, 11) is 0. The molecule has 1 N–H and O–H groups in total. The molecule has 0 bridgehead atoms. The lowest BCUT2D eigenvalue weighted by Gasteiger charge is -2.02. The summed E-state index contributed by atoms with van der Waals surface area (Å²) in [6.45, 7) is 8.52. The smallest absolute Gasteiger partial charge is 0.393 e. The first-order chi connectivity index (χ1) is 6.72. The Bertz CT molecular complexity index is 258. The van der Waals surface area contributed by atoms with Crippen LogP contribution < -0.4 is 10.1 Å². The summed E-state index contributed by atoms with van der Waals surface area (Å²) in [6, 6.07) is 0. The highest BCUT2D eigenvalue weighted by Crippen LogP contribution is 2.10. The highest BCUT2D eigenvalue weighted by molar-refractivity contribution is 4.99. The van der Waals surface area contributed by atoms with Crippen molar-refractivity contribution in [2.24, 2.45) is 5.92 Å². The standard InChI is InChI=1S/C10H18N2O2/c1-4-11-5-9-7-14-10(12-9)13-6-8(2)3/h7-8,11H,4-6H2,1-3H3. The van der Waals surface area contributed by atoms with E-state index in [2.05, 4.69) is 31.1 Å². The van der Waals surface area contributed by atoms with Crippen molar-refractivity contribution in [3.63, 3.8) is 0 Å². The molecule has 14 heavy (non-hydrogen) atoms. The molecule has 80 valence electrons. The number of ether oxygens (including phenoxy) is 1. The Morgan fingerprint density at radius 1 is 1.57 bits per heavy atom. The molecule has 0 saturated heterocycles. The quantitative estimate of drug-likeness (QED) is 0.757. The predicted molar refractivity (Wildman–Crippen MR) is 54.2 cm³/mol. The number of nitrogens with one attached hydrogen (secondary N) is 1. The Labute approximate surface area is 84.7 Å². The van der Waals surface area contributed by atoms with Crippen LogP contribution in [0.2, 0.25) is 0 Å². The Kier molecular flexibility index (Phi) is 4.46. The Hall–Kier alpha value is -1.03. The molecule has 0 aliphatic rings. The molecule has 0 saturated carbocycles. The van der Waals surface area contributed by atoms with Gasteiger partial charge in [0.05, 0.1) is 12.3 Å². The highest BCUT2D eigenvalue weighted by atomic mass is 16.6. The predicted octanol–water partition coefficient (Wildman–Crippen LogP) is 1.82. The summed E-state index contributed by atoms with van der Waals surface area (Å²) in [5.41, 5.74) is 0.880. The molecule has 0 unspecified atom stereocenters. The summed E-state index contributed by atoms with van der Waals surface area (Å²) in [5, 5.41) is 3.16. The molecule has 4 nitrogen and oxygen atoms in total. The van der Waals surface area contributed by atoms with Crippen LogP contribution in [-0.2, 0) is 6.54 Å². The van der Waals surface area contributed by atoms with Gasteiger partial charge in [-0.05, 0) is 12.5 Å². The minimum absolute atomic E-state index is 0.367. The molecule has 0 atom stereocenters. The van der Waals surface area contributed by atoms with Crippen molar-refractivity contribution in [1.82, 2.24) is 10.3 Å². The molecular formula is C10H18N2O2. The maximum absolute atomic E-state index is 5.32. The van der Waals surface area contributed by atoms with E-state index in [1.807, 2.05) is 0 Å². The normalized spacial score (nSPS) is 10.9. The van der Waals surface area contributed by atoms with Crippen molar-refractivity contribution in [2.75, 3.05) is 13.2 Å². The lowest BCUT2D eigenvalue weighted by Crippen LogP contribution is -2.12. The maximum atomic E-state index is 5.32. The van der Waals surface area contributed by atoms with E-state index in [4.69, 9.17) is 9.15 Å². The number of nitrogens with zero attached hydrogens (tertiary/aromatic N) is 1. The van der Waals surface area contributed by atoms with E-state index >= 15 is 0 Å². The second-order valence-electron chi connectivity index (χ2n) is 3.59. The maximum Gasteiger partial charge on any atom is 0.393 e. The molecule has 1 aromatic heterocycles. The SMILES string of the molecule is CCNCc1coc(OCC(C)C)n1. The van der Waals surface area contributed by atoms with Gasteiger partial charge in [-0.1, -0.05) is 20.8 Å². The van der Waals surface area contributed by atoms with E-state index in [9.17, 15) is 0 Å². The number of rotatable bonds is 6. The largest absolute Gasteiger partial charge is 0.450 e. The van der Waals surface area contributed by atoms with Crippen LogP contribution in [0.15, 0.2) is 10.7 Å². The van der Waals surface area contributed by atoms with Gasteiger partial charge in [0, 0.05) is 6.54 Å². The summed E-state index contributed by atoms with van der Waals surface area (Å²) >= 11 is 0. The van der Waals surface area contributed by atoms with Crippen molar-refractivity contribution in [2.45, 2.75) is 27.3 Å². The first-order valence-corrected chi connectivity index (χ1v) is 5.00. The van der Waals surface area contributed by atoms with Gasteiger partial charge in [0.15, 0.2) is 0 Å². The molecule has 1 heterocycles. The van der Waals surface area contributed by atoms with Crippen LogP contribution in [0.4, 0.5) is 0 Å². The Morgan fingerprint density at radius 3 is 3.00 bits per heavy atom. The fourth-order valence-electron chi connectivity index (χ4n) is 0.927. The van der Waals surface area contributed by atoms with Crippen LogP contribution in [0, 0.1) is 5.92 Å². The minimum atomic E-state index is 0.367. The molecule has 0 radical (unpaired) electrons. The van der Waals surface area contributed by atoms with Gasteiger partial charge in [-0.15, -0.1) is 0 Å². The van der Waals surface area contributed by atoms with Crippen LogP contribution in [0.1, 0.15) is 26.5 Å². The second-order valence-corrected chi connectivity index (χ2v) is 3.59. The number of oxazole rings is 1. The third-order valence-electron chi connectivity index (χ3n) is 1.63. The van der Waals surface area contributed by atoms with Gasteiger partial charge in [0.25, 0.3) is 0 Å². The van der Waals surface area contributed by atoms with Crippen LogP contribution >= 0.6 is 0 Å². The van der Waals surface area contributed by atoms with E-state index in [0.29, 0.717) is 18.6 Å². The Balaban J connectivity index is 2.35. The monoisotopic (exact) mass is 198 g/mol. The molecular weight excluding hydrogens is 180 g/mol. The van der Waals surface area contributed by atoms with Crippen molar-refractivity contribution >= 4 is 0 Å². The number of hydrogen-bond acceptors (Lipinski definition) is 4. The molecule has 0 fully saturated rings. The third-order valence-corrected chi connectivity index (χ3v) is 1.63. The van der Waals surface area contributed by atoms with Crippen molar-refractivity contribution < 1.29 is 9.15 Å². The van der Waals surface area contributed by atoms with Crippen molar-refractivity contribution in [3.8, 4) is 6.08 Å². The topological polar surface area (TPSA) is 47.3 Å². The van der Waals surface area contributed by atoms with Gasteiger partial charge in [0.1, 0.15) is 6.26 Å². The van der Waals surface area contributed by atoms with Crippen LogP contribution in [-0.4, -0.2) is 18.1 Å². The van der Waals surface area contributed by atoms with Crippen LogP contribution in [0.25, 0.3) is 0 Å². The fraction of sp³-hybridized carbons (Fsp3) is 0.700. The summed E-state index contributed by atoms with van der Waals surface area (Å²) in [5.74, 6) is 0.485. The summed E-state index contributed by atoms with van der Waals surface area (Å²) in [4.78, 5) is 4.17. The van der Waals surface area contributed by atoms with Gasteiger partial charge in [0.2, 0.25) is 0 Å². The van der Waals surface area contributed by atoms with E-state index in [1.54, 1.807) is 6.26 Å². The fourth-order valence-corrected chi connectivity index (χ4v) is 0.927. The van der Waals surface area contributed by atoms with Crippen molar-refractivity contribution in [1.29, 1.82) is 0 Å². The average molecular weight is 198 g/mol. The molecule has 1 aromatic rings. The molecule has 0 amide bonds. The van der Waals surface area contributed by atoms with Gasteiger partial charge < -0.3 is 14.5 Å². The van der Waals surface area contributed by atoms with Gasteiger partial charge in [-0.25, -0.2) is 0 Å². The molecule has 4 heteroatoms. The Morgan fingerprint density at radius 2 is 2.36 bits per heavy atom. The average Bonchev–Trinajstić information content (AvgIpc) is 2.59. The molecule has 1 rings (SSSR count). The first kappa shape index (κ1) is 11.0. The van der Waals surface area contributed by atoms with E-state index < -0.39 is 0 Å². The lowest BCUT2D eigenvalue weighted by atomic mass is 10.2. The zero-order valence-electron chi connectivity index (χ0n) is 9.04. The lowest BCUT2D eigenvalue weighted by molar-refractivity contribution is 0.202. The second kappa shape index (κ2) is 5.65. The molecule has 0 aromatic carbocycles. The first-order valence-electron chi connectivity index (χ1n) is 5.00. The van der Waals surface area contributed by atoms with E-state index in [1.165, 1.54) is 0 Å². The molecule has 0 spiro atoms.